The number of hydrogen-bond donors (Lipinski definition) is 0. The molecule has 80 valence electrons. The number of pyridine rings is 1. The lowest BCUT2D eigenvalue weighted by Gasteiger charge is -2.19. The molecule has 2 nitrogen and oxygen atoms in total. The van der Waals surface area contributed by atoms with Crippen LogP contribution in [-0.2, 0) is 5.41 Å². The average molecular weight is 211 g/mol. The minimum absolute atomic E-state index is 0.0376. The summed E-state index contributed by atoms with van der Waals surface area (Å²) in [4.78, 5) is 11.8. The van der Waals surface area contributed by atoms with Crippen LogP contribution in [0, 0.1) is 0 Å². The molecule has 2 radical (unpaired) electrons. The fourth-order valence-corrected chi connectivity index (χ4v) is 1.72. The minimum Gasteiger partial charge on any atom is -0.371 e. The molecule has 2 rings (SSSR count). The Balaban J connectivity index is 2.79. The molecule has 16 heavy (non-hydrogen) atoms. The summed E-state index contributed by atoms with van der Waals surface area (Å²) < 4.78 is 1.12. The van der Waals surface area contributed by atoms with Crippen LogP contribution in [0.15, 0.2) is 35.3 Å². The summed E-state index contributed by atoms with van der Waals surface area (Å²) in [7, 11) is 5.55. The van der Waals surface area contributed by atoms with E-state index in [9.17, 15) is 4.79 Å². The summed E-state index contributed by atoms with van der Waals surface area (Å²) in [6.45, 7) is 6.37. The number of benzene rings is 1. The van der Waals surface area contributed by atoms with E-state index in [2.05, 4.69) is 26.8 Å². The van der Waals surface area contributed by atoms with Crippen LogP contribution in [0.3, 0.4) is 0 Å². The zero-order chi connectivity index (χ0) is 11.9. The van der Waals surface area contributed by atoms with Gasteiger partial charge in [0.25, 0.3) is 0 Å². The smallest absolute Gasteiger partial charge is 0.245 e. The minimum atomic E-state index is -0.149. The molecule has 0 unspecified atom stereocenters. The molecule has 0 N–H and O–H groups in total. The highest BCUT2D eigenvalue weighted by Gasteiger charge is 2.14. The van der Waals surface area contributed by atoms with Crippen molar-refractivity contribution < 1.29 is 0 Å². The highest BCUT2D eigenvalue weighted by atomic mass is 16.1. The topological polar surface area (TPSA) is 22.0 Å². The van der Waals surface area contributed by atoms with E-state index in [1.807, 2.05) is 18.2 Å². The molecular weight excluding hydrogens is 197 g/mol. The molecule has 0 aliphatic heterocycles. The van der Waals surface area contributed by atoms with Crippen molar-refractivity contribution in [2.24, 2.45) is 0 Å². The maximum Gasteiger partial charge on any atom is 0.245 e. The number of nitrogens with zero attached hydrogens (tertiary/aromatic N) is 1. The van der Waals surface area contributed by atoms with Crippen molar-refractivity contribution in [3.05, 3.63) is 46.4 Å². The van der Waals surface area contributed by atoms with Gasteiger partial charge < -0.3 is 4.48 Å². The maximum absolute atomic E-state index is 11.8. The highest BCUT2D eigenvalue weighted by molar-refractivity contribution is 6.07. The zero-order valence-corrected chi connectivity index (χ0v) is 9.82. The van der Waals surface area contributed by atoms with Crippen LogP contribution in [0.25, 0.3) is 10.8 Å². The van der Waals surface area contributed by atoms with Gasteiger partial charge in [0.05, 0.1) is 0 Å². The number of fused-ring (bicyclic) bond motifs is 1. The SMILES string of the molecule is [B]n1ccc2ccc(C(C)(C)C)cc2c1=O. The van der Waals surface area contributed by atoms with Crippen molar-refractivity contribution in [1.29, 1.82) is 0 Å². The third kappa shape index (κ3) is 1.78. The average Bonchev–Trinajstić information content (AvgIpc) is 2.22. The zero-order valence-electron chi connectivity index (χ0n) is 9.82. The van der Waals surface area contributed by atoms with Crippen LogP contribution in [0.4, 0.5) is 0 Å². The van der Waals surface area contributed by atoms with Gasteiger partial charge in [0.1, 0.15) is 0 Å². The largest absolute Gasteiger partial charge is 0.371 e. The van der Waals surface area contributed by atoms with Crippen molar-refractivity contribution >= 4 is 18.8 Å². The summed E-state index contributed by atoms with van der Waals surface area (Å²) in [6.07, 6.45) is 1.58. The quantitative estimate of drug-likeness (QED) is 0.612. The van der Waals surface area contributed by atoms with Crippen molar-refractivity contribution in [3.8, 4) is 0 Å². The molecule has 0 bridgehead atoms. The summed E-state index contributed by atoms with van der Waals surface area (Å²) in [5, 5.41) is 1.61. The Hall–Kier alpha value is -1.51. The summed E-state index contributed by atoms with van der Waals surface area (Å²) in [5.41, 5.74) is 1.03. The Morgan fingerprint density at radius 1 is 1.19 bits per heavy atom. The molecule has 0 spiro atoms. The Bertz CT molecular complexity index is 593. The van der Waals surface area contributed by atoms with Gasteiger partial charge in [-0.2, -0.15) is 0 Å². The predicted molar refractivity (Wildman–Crippen MR) is 68.1 cm³/mol. The molecule has 1 heterocycles. The predicted octanol–water partition coefficient (Wildman–Crippen LogP) is 2.23. The van der Waals surface area contributed by atoms with E-state index >= 15 is 0 Å². The maximum atomic E-state index is 11.8. The van der Waals surface area contributed by atoms with Crippen LogP contribution in [-0.4, -0.2) is 12.5 Å². The van der Waals surface area contributed by atoms with Gasteiger partial charge in [-0.15, -0.1) is 0 Å². The molecule has 0 amide bonds. The molecule has 0 atom stereocenters. The molecule has 0 fully saturated rings. The van der Waals surface area contributed by atoms with Crippen molar-refractivity contribution in [1.82, 2.24) is 4.48 Å². The van der Waals surface area contributed by atoms with E-state index in [1.165, 1.54) is 0 Å². The fourth-order valence-electron chi connectivity index (χ4n) is 1.72. The first kappa shape index (κ1) is 11.0. The Kier molecular flexibility index (Phi) is 2.41. The first-order chi connectivity index (χ1) is 7.39. The Labute approximate surface area is 96.3 Å². The highest BCUT2D eigenvalue weighted by Crippen LogP contribution is 2.24. The Morgan fingerprint density at radius 2 is 1.88 bits per heavy atom. The van der Waals surface area contributed by atoms with Gasteiger partial charge in [-0.3, -0.25) is 4.79 Å². The van der Waals surface area contributed by atoms with Crippen LogP contribution in [0.5, 0.6) is 0 Å². The van der Waals surface area contributed by atoms with Gasteiger partial charge in [0.2, 0.25) is 13.5 Å². The van der Waals surface area contributed by atoms with Gasteiger partial charge in [0, 0.05) is 5.39 Å². The first-order valence-electron chi connectivity index (χ1n) is 5.30. The second kappa shape index (κ2) is 3.51. The van der Waals surface area contributed by atoms with Crippen molar-refractivity contribution in [2.45, 2.75) is 26.2 Å². The Morgan fingerprint density at radius 3 is 2.50 bits per heavy atom. The summed E-state index contributed by atoms with van der Waals surface area (Å²) >= 11 is 0. The second-order valence-corrected chi connectivity index (χ2v) is 5.08. The van der Waals surface area contributed by atoms with Gasteiger partial charge >= 0.3 is 0 Å². The van der Waals surface area contributed by atoms with Crippen LogP contribution >= 0.6 is 0 Å². The molecule has 0 aliphatic rings. The van der Waals surface area contributed by atoms with Crippen molar-refractivity contribution in [3.63, 3.8) is 0 Å². The standard InChI is InChI=1S/C13H14BNO/c1-13(2,3)10-5-4-9-6-7-15(14)12(16)11(9)8-10/h4-8H,1-3H3. The van der Waals surface area contributed by atoms with E-state index < -0.39 is 0 Å². The molecule has 0 saturated heterocycles. The van der Waals surface area contributed by atoms with Crippen LogP contribution in [0.2, 0.25) is 0 Å². The van der Waals surface area contributed by atoms with E-state index in [-0.39, 0.29) is 11.0 Å². The molecule has 1 aromatic heterocycles. The third-order valence-corrected chi connectivity index (χ3v) is 2.80. The number of hydrogen-bond acceptors (Lipinski definition) is 1. The third-order valence-electron chi connectivity index (χ3n) is 2.80. The molecule has 3 heteroatoms. The lowest BCUT2D eigenvalue weighted by Crippen LogP contribution is -2.18. The van der Waals surface area contributed by atoms with Crippen LogP contribution < -0.4 is 5.56 Å². The molecule has 0 saturated carbocycles. The number of rotatable bonds is 0. The monoisotopic (exact) mass is 211 g/mol. The molecule has 1 aromatic carbocycles. The van der Waals surface area contributed by atoms with E-state index in [1.54, 1.807) is 6.20 Å². The van der Waals surface area contributed by atoms with Gasteiger partial charge in [-0.05, 0) is 34.7 Å². The number of aromatic nitrogens is 1. The van der Waals surface area contributed by atoms with Crippen LogP contribution in [0.1, 0.15) is 26.3 Å². The van der Waals surface area contributed by atoms with E-state index in [0.717, 1.165) is 15.4 Å². The lowest BCUT2D eigenvalue weighted by molar-refractivity contribution is 0.591. The first-order valence-corrected chi connectivity index (χ1v) is 5.30. The van der Waals surface area contributed by atoms with Gasteiger partial charge in [-0.1, -0.05) is 32.9 Å². The molecule has 0 aliphatic carbocycles. The summed E-state index contributed by atoms with van der Waals surface area (Å²) in [6, 6.07) is 7.81. The van der Waals surface area contributed by atoms with E-state index in [4.69, 9.17) is 7.98 Å². The molecule has 2 aromatic rings. The lowest BCUT2D eigenvalue weighted by atomic mass is 9.86. The normalized spacial score (nSPS) is 11.9. The summed E-state index contributed by atoms with van der Waals surface area (Å²) in [5.74, 6) is 0. The second-order valence-electron chi connectivity index (χ2n) is 5.08. The van der Waals surface area contributed by atoms with E-state index in [0.29, 0.717) is 5.39 Å². The van der Waals surface area contributed by atoms with Gasteiger partial charge in [0.15, 0.2) is 0 Å². The van der Waals surface area contributed by atoms with Gasteiger partial charge in [-0.25, -0.2) is 0 Å². The van der Waals surface area contributed by atoms with Crippen molar-refractivity contribution in [2.75, 3.05) is 0 Å². The fraction of sp³-hybridized carbons (Fsp3) is 0.308. The molecular formula is C13H14BNO.